The van der Waals surface area contributed by atoms with Crippen LogP contribution in [0.15, 0.2) is 5.38 Å². The van der Waals surface area contributed by atoms with E-state index in [1.807, 2.05) is 6.92 Å². The van der Waals surface area contributed by atoms with Gasteiger partial charge in [-0.3, -0.25) is 0 Å². The van der Waals surface area contributed by atoms with Gasteiger partial charge < -0.3 is 9.64 Å². The number of thiophene rings is 1. The Hall–Kier alpha value is -1.20. The Balaban J connectivity index is 1.98. The lowest BCUT2D eigenvalue weighted by Crippen LogP contribution is -2.43. The number of hydrogen-bond acceptors (Lipinski definition) is 5. The van der Waals surface area contributed by atoms with Gasteiger partial charge in [0.05, 0.1) is 18.1 Å². The van der Waals surface area contributed by atoms with Gasteiger partial charge in [0.25, 0.3) is 0 Å². The average molecular weight is 291 g/mol. The molecule has 2 aromatic rings. The number of aromatic nitrogens is 2. The number of nitrogens with zero attached hydrogens (tertiary/aromatic N) is 3. The van der Waals surface area contributed by atoms with E-state index in [1.54, 1.807) is 11.3 Å². The Labute approximate surface area is 123 Å². The van der Waals surface area contributed by atoms with Crippen molar-refractivity contribution >= 4 is 27.4 Å². The fourth-order valence-corrected chi connectivity index (χ4v) is 3.76. The molecule has 4 nitrogen and oxygen atoms in total. The van der Waals surface area contributed by atoms with Crippen LogP contribution in [0.4, 0.5) is 5.82 Å². The molecule has 0 aliphatic carbocycles. The zero-order chi connectivity index (χ0) is 14.1. The van der Waals surface area contributed by atoms with Gasteiger partial charge in [-0.2, -0.15) is 0 Å². The lowest BCUT2D eigenvalue weighted by Gasteiger charge is -2.34. The van der Waals surface area contributed by atoms with Crippen molar-refractivity contribution in [1.29, 1.82) is 0 Å². The van der Waals surface area contributed by atoms with Crippen LogP contribution in [-0.4, -0.2) is 35.8 Å². The highest BCUT2D eigenvalue weighted by molar-refractivity contribution is 7.17. The molecule has 0 aromatic carbocycles. The molecule has 1 atom stereocenters. The summed E-state index contributed by atoms with van der Waals surface area (Å²) in [7, 11) is 0. The third kappa shape index (κ3) is 2.52. The number of anilines is 1. The second-order valence-corrected chi connectivity index (χ2v) is 6.28. The van der Waals surface area contributed by atoms with Crippen molar-refractivity contribution < 1.29 is 4.74 Å². The number of fused-ring (bicyclic) bond motifs is 1. The molecule has 0 spiro atoms. The summed E-state index contributed by atoms with van der Waals surface area (Å²) >= 11 is 1.71. The minimum atomic E-state index is 0.331. The molecule has 0 bridgehead atoms. The first kappa shape index (κ1) is 13.8. The summed E-state index contributed by atoms with van der Waals surface area (Å²) in [5.41, 5.74) is 1.28. The second-order valence-electron chi connectivity index (χ2n) is 5.42. The monoisotopic (exact) mass is 291 g/mol. The molecule has 20 heavy (non-hydrogen) atoms. The third-order valence-electron chi connectivity index (χ3n) is 3.76. The van der Waals surface area contributed by atoms with Crippen LogP contribution in [0.5, 0.6) is 0 Å². The zero-order valence-corrected chi connectivity index (χ0v) is 13.2. The number of morpholine rings is 1. The number of rotatable bonds is 3. The fourth-order valence-electron chi connectivity index (χ4n) is 2.80. The van der Waals surface area contributed by atoms with E-state index >= 15 is 0 Å². The summed E-state index contributed by atoms with van der Waals surface area (Å²) in [5, 5.41) is 3.39. The molecule has 1 unspecified atom stereocenters. The molecule has 1 fully saturated rings. The fraction of sp³-hybridized carbons (Fsp3) is 0.600. The van der Waals surface area contributed by atoms with Gasteiger partial charge in [-0.25, -0.2) is 9.97 Å². The Morgan fingerprint density at radius 1 is 1.40 bits per heavy atom. The molecule has 0 N–H and O–H groups in total. The van der Waals surface area contributed by atoms with E-state index in [-0.39, 0.29) is 0 Å². The summed E-state index contributed by atoms with van der Waals surface area (Å²) in [6.45, 7) is 8.97. The van der Waals surface area contributed by atoms with E-state index in [0.717, 1.165) is 49.0 Å². The van der Waals surface area contributed by atoms with E-state index in [9.17, 15) is 0 Å². The summed E-state index contributed by atoms with van der Waals surface area (Å²) in [6.07, 6.45) is 2.61. The first-order valence-corrected chi connectivity index (χ1v) is 8.16. The largest absolute Gasteiger partial charge is 0.375 e. The predicted molar refractivity (Wildman–Crippen MR) is 83.8 cm³/mol. The first-order chi connectivity index (χ1) is 9.69. The number of hydrogen-bond donors (Lipinski definition) is 0. The second kappa shape index (κ2) is 5.66. The van der Waals surface area contributed by atoms with Crippen molar-refractivity contribution in [1.82, 2.24) is 9.97 Å². The molecule has 5 heteroatoms. The highest BCUT2D eigenvalue weighted by Crippen LogP contribution is 2.32. The third-order valence-corrected chi connectivity index (χ3v) is 4.75. The topological polar surface area (TPSA) is 38.2 Å². The van der Waals surface area contributed by atoms with Crippen LogP contribution >= 0.6 is 11.3 Å². The molecule has 1 aliphatic heterocycles. The van der Waals surface area contributed by atoms with Crippen molar-refractivity contribution in [3.63, 3.8) is 0 Å². The van der Waals surface area contributed by atoms with Gasteiger partial charge in [-0.15, -0.1) is 11.3 Å². The van der Waals surface area contributed by atoms with Gasteiger partial charge in [0, 0.05) is 13.1 Å². The van der Waals surface area contributed by atoms with E-state index < -0.39 is 0 Å². The molecule has 1 aliphatic rings. The summed E-state index contributed by atoms with van der Waals surface area (Å²) < 4.78 is 5.84. The van der Waals surface area contributed by atoms with Crippen LogP contribution in [0.3, 0.4) is 0 Å². The van der Waals surface area contributed by atoms with Crippen LogP contribution in [0.1, 0.15) is 31.2 Å². The molecule has 3 heterocycles. The van der Waals surface area contributed by atoms with Gasteiger partial charge in [-0.1, -0.05) is 13.3 Å². The van der Waals surface area contributed by atoms with Crippen LogP contribution < -0.4 is 4.90 Å². The maximum Gasteiger partial charge on any atom is 0.141 e. The van der Waals surface area contributed by atoms with E-state index in [4.69, 9.17) is 9.72 Å². The first-order valence-electron chi connectivity index (χ1n) is 7.28. The summed E-state index contributed by atoms with van der Waals surface area (Å²) in [4.78, 5) is 12.8. The molecule has 0 amide bonds. The number of aryl methyl sites for hydroxylation is 2. The van der Waals surface area contributed by atoms with Crippen LogP contribution in [0, 0.1) is 13.8 Å². The maximum absolute atomic E-state index is 5.84. The minimum absolute atomic E-state index is 0.331. The molecular formula is C15H21N3OS. The molecule has 1 saturated heterocycles. The average Bonchev–Trinajstić information content (AvgIpc) is 2.80. The Morgan fingerprint density at radius 3 is 3.05 bits per heavy atom. The van der Waals surface area contributed by atoms with Crippen molar-refractivity contribution in [3.8, 4) is 0 Å². The van der Waals surface area contributed by atoms with Crippen LogP contribution in [0.25, 0.3) is 10.2 Å². The van der Waals surface area contributed by atoms with Crippen LogP contribution in [-0.2, 0) is 4.74 Å². The van der Waals surface area contributed by atoms with Crippen molar-refractivity contribution in [2.75, 3.05) is 24.6 Å². The standard InChI is InChI=1S/C15H21N3OS/c1-4-5-12-8-18(6-7-19-12)14-13-10(2)9-20-15(13)17-11(3)16-14/h9,12H,4-8H2,1-3H3. The Bertz CT molecular complexity index is 608. The van der Waals surface area contributed by atoms with Crippen molar-refractivity contribution in [2.45, 2.75) is 39.7 Å². The predicted octanol–water partition coefficient (Wildman–Crippen LogP) is 3.31. The van der Waals surface area contributed by atoms with E-state index in [1.165, 1.54) is 10.9 Å². The van der Waals surface area contributed by atoms with E-state index in [2.05, 4.69) is 29.1 Å². The molecule has 0 radical (unpaired) electrons. The van der Waals surface area contributed by atoms with Crippen molar-refractivity contribution in [3.05, 3.63) is 16.8 Å². The number of ether oxygens (including phenoxy) is 1. The maximum atomic E-state index is 5.84. The quantitative estimate of drug-likeness (QED) is 0.869. The van der Waals surface area contributed by atoms with Gasteiger partial charge in [0.2, 0.25) is 0 Å². The molecule has 2 aromatic heterocycles. The summed E-state index contributed by atoms with van der Waals surface area (Å²) in [6, 6.07) is 0. The highest BCUT2D eigenvalue weighted by Gasteiger charge is 2.23. The molecule has 108 valence electrons. The van der Waals surface area contributed by atoms with Gasteiger partial charge in [0.1, 0.15) is 16.5 Å². The highest BCUT2D eigenvalue weighted by atomic mass is 32.1. The minimum Gasteiger partial charge on any atom is -0.375 e. The summed E-state index contributed by atoms with van der Waals surface area (Å²) in [5.74, 6) is 1.95. The van der Waals surface area contributed by atoms with Gasteiger partial charge >= 0.3 is 0 Å². The molecular weight excluding hydrogens is 270 g/mol. The van der Waals surface area contributed by atoms with E-state index in [0.29, 0.717) is 6.10 Å². The van der Waals surface area contributed by atoms with Crippen molar-refractivity contribution in [2.24, 2.45) is 0 Å². The zero-order valence-electron chi connectivity index (χ0n) is 12.3. The normalized spacial score (nSPS) is 19.8. The Kier molecular flexibility index (Phi) is 3.89. The lowest BCUT2D eigenvalue weighted by molar-refractivity contribution is 0.0346. The van der Waals surface area contributed by atoms with Gasteiger partial charge in [0.15, 0.2) is 0 Å². The molecule has 3 rings (SSSR count). The Morgan fingerprint density at radius 2 is 2.25 bits per heavy atom. The lowest BCUT2D eigenvalue weighted by atomic mass is 10.1. The smallest absolute Gasteiger partial charge is 0.141 e. The SMILES string of the molecule is CCCC1CN(c2nc(C)nc3scc(C)c23)CCO1. The van der Waals surface area contributed by atoms with Gasteiger partial charge in [-0.05, 0) is 31.2 Å². The van der Waals surface area contributed by atoms with Crippen LogP contribution in [0.2, 0.25) is 0 Å². The molecule has 0 saturated carbocycles.